The first-order valence-electron chi connectivity index (χ1n) is 9.87. The molecule has 0 aliphatic carbocycles. The molecule has 0 saturated carbocycles. The van der Waals surface area contributed by atoms with E-state index in [-0.39, 0.29) is 11.6 Å². The number of rotatable bonds is 5. The zero-order chi connectivity index (χ0) is 20.2. The van der Waals surface area contributed by atoms with Crippen LogP contribution in [0.4, 0.5) is 11.4 Å². The van der Waals surface area contributed by atoms with E-state index in [0.29, 0.717) is 45.0 Å². The Labute approximate surface area is 173 Å². The fourth-order valence-corrected chi connectivity index (χ4v) is 4.61. The van der Waals surface area contributed by atoms with E-state index < -0.39 is 4.92 Å². The van der Waals surface area contributed by atoms with Crippen molar-refractivity contribution in [2.24, 2.45) is 0 Å². The van der Waals surface area contributed by atoms with Crippen LogP contribution in [0, 0.1) is 10.1 Å². The van der Waals surface area contributed by atoms with Crippen LogP contribution >= 0.6 is 11.3 Å². The third-order valence-electron chi connectivity index (χ3n) is 5.57. The molecule has 1 aromatic carbocycles. The van der Waals surface area contributed by atoms with Gasteiger partial charge >= 0.3 is 0 Å². The summed E-state index contributed by atoms with van der Waals surface area (Å²) in [6.07, 6.45) is 0. The van der Waals surface area contributed by atoms with Gasteiger partial charge < -0.3 is 19.4 Å². The number of carbonyl (C=O) groups excluding carboxylic acids is 1. The number of morpholine rings is 1. The van der Waals surface area contributed by atoms with Gasteiger partial charge in [-0.05, 0) is 22.9 Å². The van der Waals surface area contributed by atoms with Gasteiger partial charge in [-0.1, -0.05) is 0 Å². The molecule has 8 nitrogen and oxygen atoms in total. The highest BCUT2D eigenvalue weighted by Gasteiger charge is 2.29. The van der Waals surface area contributed by atoms with E-state index in [1.807, 2.05) is 4.90 Å². The molecule has 4 rings (SSSR count). The lowest BCUT2D eigenvalue weighted by atomic mass is 10.1. The fraction of sp³-hybridized carbons (Fsp3) is 0.450. The summed E-state index contributed by atoms with van der Waals surface area (Å²) in [5.41, 5.74) is 2.46. The van der Waals surface area contributed by atoms with E-state index in [4.69, 9.17) is 4.74 Å². The van der Waals surface area contributed by atoms with E-state index >= 15 is 0 Å². The maximum absolute atomic E-state index is 13.3. The molecule has 3 heterocycles. The first kappa shape index (κ1) is 19.8. The van der Waals surface area contributed by atoms with Crippen LogP contribution in [0.2, 0.25) is 0 Å². The van der Waals surface area contributed by atoms with Crippen molar-refractivity contribution in [3.05, 3.63) is 56.3 Å². The van der Waals surface area contributed by atoms with E-state index in [1.165, 1.54) is 22.6 Å². The molecular weight excluding hydrogens is 392 g/mol. The third-order valence-corrected chi connectivity index (χ3v) is 6.30. The molecule has 2 aliphatic rings. The number of thiophene rings is 1. The van der Waals surface area contributed by atoms with Crippen molar-refractivity contribution >= 4 is 28.6 Å². The second-order valence-corrected chi connectivity index (χ2v) is 8.19. The van der Waals surface area contributed by atoms with Crippen molar-refractivity contribution in [2.45, 2.75) is 6.54 Å². The van der Waals surface area contributed by atoms with Crippen molar-refractivity contribution < 1.29 is 19.4 Å². The maximum Gasteiger partial charge on any atom is 0.270 e. The first-order chi connectivity index (χ1) is 14.1. The van der Waals surface area contributed by atoms with Gasteiger partial charge in [-0.2, -0.15) is 11.3 Å². The topological polar surface area (TPSA) is 80.4 Å². The zero-order valence-corrected chi connectivity index (χ0v) is 17.0. The number of nitrogens with zero attached hydrogens (tertiary/aromatic N) is 3. The zero-order valence-electron chi connectivity index (χ0n) is 16.2. The number of piperazine rings is 1. The molecule has 9 heteroatoms. The van der Waals surface area contributed by atoms with Crippen molar-refractivity contribution in [3.8, 4) is 0 Å². The fourth-order valence-electron chi connectivity index (χ4n) is 3.94. The minimum atomic E-state index is -0.442. The molecule has 29 heavy (non-hydrogen) atoms. The lowest BCUT2D eigenvalue weighted by molar-refractivity contribution is -0.917. The summed E-state index contributed by atoms with van der Waals surface area (Å²) < 4.78 is 5.41. The van der Waals surface area contributed by atoms with Gasteiger partial charge in [0, 0.05) is 30.8 Å². The first-order valence-corrected chi connectivity index (χ1v) is 10.8. The summed E-state index contributed by atoms with van der Waals surface area (Å²) in [6, 6.07) is 6.75. The summed E-state index contributed by atoms with van der Waals surface area (Å²) in [7, 11) is 0. The molecule has 2 fully saturated rings. The predicted octanol–water partition coefficient (Wildman–Crippen LogP) is 1.03. The summed E-state index contributed by atoms with van der Waals surface area (Å²) in [5.74, 6) is -0.121. The smallest absolute Gasteiger partial charge is 0.270 e. The minimum Gasteiger partial charge on any atom is -0.378 e. The summed E-state index contributed by atoms with van der Waals surface area (Å²) in [6.45, 7) is 6.58. The second kappa shape index (κ2) is 8.89. The van der Waals surface area contributed by atoms with Crippen LogP contribution in [0.25, 0.3) is 0 Å². The van der Waals surface area contributed by atoms with Crippen molar-refractivity contribution in [1.82, 2.24) is 4.90 Å². The number of non-ortho nitro benzene ring substituents is 1. The van der Waals surface area contributed by atoms with E-state index in [0.717, 1.165) is 25.3 Å². The number of nitro groups is 1. The van der Waals surface area contributed by atoms with Crippen LogP contribution in [0.15, 0.2) is 35.0 Å². The Bertz CT molecular complexity index is 859. The molecule has 0 unspecified atom stereocenters. The molecule has 2 aliphatic heterocycles. The number of benzene rings is 1. The van der Waals surface area contributed by atoms with Crippen LogP contribution in [0.5, 0.6) is 0 Å². The van der Waals surface area contributed by atoms with Crippen molar-refractivity contribution in [1.29, 1.82) is 0 Å². The predicted molar refractivity (Wildman–Crippen MR) is 111 cm³/mol. The highest BCUT2D eigenvalue weighted by atomic mass is 32.1. The molecule has 154 valence electrons. The third kappa shape index (κ3) is 4.58. The van der Waals surface area contributed by atoms with Gasteiger partial charge in [0.2, 0.25) is 0 Å². The highest BCUT2D eigenvalue weighted by molar-refractivity contribution is 7.07. The van der Waals surface area contributed by atoms with E-state index in [1.54, 1.807) is 17.4 Å². The Morgan fingerprint density at radius 3 is 2.59 bits per heavy atom. The van der Waals surface area contributed by atoms with Gasteiger partial charge in [0.25, 0.3) is 11.6 Å². The average molecular weight is 418 g/mol. The standard InChI is InChI=1S/C20H24N4O4S/c25-20(23-6-4-21(5-7-23)14-16-3-12-29-15-16)18-13-17(24(26)27)1-2-19(18)22-8-10-28-11-9-22/h1-3,12-13,15H,4-11,14H2/p+1. The van der Waals surface area contributed by atoms with Crippen molar-refractivity contribution in [2.75, 3.05) is 57.4 Å². The Morgan fingerprint density at radius 1 is 1.17 bits per heavy atom. The summed E-state index contributed by atoms with van der Waals surface area (Å²) in [5, 5.41) is 15.5. The number of hydrogen-bond acceptors (Lipinski definition) is 6. The molecule has 0 atom stereocenters. The Morgan fingerprint density at radius 2 is 1.93 bits per heavy atom. The van der Waals surface area contributed by atoms with Gasteiger partial charge in [-0.15, -0.1) is 0 Å². The molecular formula is C20H25N4O4S+. The number of amides is 1. The quantitative estimate of drug-likeness (QED) is 0.581. The van der Waals surface area contributed by atoms with Gasteiger partial charge in [0.05, 0.1) is 55.6 Å². The van der Waals surface area contributed by atoms with E-state index in [9.17, 15) is 14.9 Å². The number of carbonyl (C=O) groups is 1. The normalized spacial score (nSPS) is 18.1. The Balaban J connectivity index is 1.49. The lowest BCUT2D eigenvalue weighted by Crippen LogP contribution is -3.13. The monoisotopic (exact) mass is 417 g/mol. The molecule has 2 saturated heterocycles. The minimum absolute atomic E-state index is 0.0490. The summed E-state index contributed by atoms with van der Waals surface area (Å²) in [4.78, 5) is 29.5. The van der Waals surface area contributed by atoms with Crippen LogP contribution in [0.1, 0.15) is 15.9 Å². The Hall–Kier alpha value is -2.49. The van der Waals surface area contributed by atoms with Crippen LogP contribution in [-0.4, -0.2) is 68.2 Å². The van der Waals surface area contributed by atoms with Gasteiger partial charge in [0.15, 0.2) is 0 Å². The molecule has 1 N–H and O–H groups in total. The SMILES string of the molecule is O=C(c1cc([N+](=O)[O-])ccc1N1CCOCC1)N1CC[NH+](Cc2ccsc2)CC1. The highest BCUT2D eigenvalue weighted by Crippen LogP contribution is 2.27. The lowest BCUT2D eigenvalue weighted by Gasteiger charge is -2.34. The second-order valence-electron chi connectivity index (χ2n) is 7.41. The number of anilines is 1. The van der Waals surface area contributed by atoms with Crippen LogP contribution < -0.4 is 9.80 Å². The average Bonchev–Trinajstić information content (AvgIpc) is 3.27. The molecule has 0 spiro atoms. The van der Waals surface area contributed by atoms with Gasteiger partial charge in [0.1, 0.15) is 6.54 Å². The number of hydrogen-bond donors (Lipinski definition) is 1. The number of quaternary nitrogens is 1. The van der Waals surface area contributed by atoms with Crippen LogP contribution in [0.3, 0.4) is 0 Å². The molecule has 1 aromatic heterocycles. The van der Waals surface area contributed by atoms with Crippen LogP contribution in [-0.2, 0) is 11.3 Å². The van der Waals surface area contributed by atoms with E-state index in [2.05, 4.69) is 21.7 Å². The van der Waals surface area contributed by atoms with Crippen molar-refractivity contribution in [3.63, 3.8) is 0 Å². The Kier molecular flexibility index (Phi) is 6.08. The largest absolute Gasteiger partial charge is 0.378 e. The molecule has 1 amide bonds. The van der Waals surface area contributed by atoms with Gasteiger partial charge in [-0.3, -0.25) is 14.9 Å². The number of ether oxygens (including phenoxy) is 1. The summed E-state index contributed by atoms with van der Waals surface area (Å²) >= 11 is 1.70. The molecule has 2 aromatic rings. The molecule has 0 bridgehead atoms. The number of nitro benzene ring substituents is 1. The molecule has 0 radical (unpaired) electrons. The number of nitrogens with one attached hydrogen (secondary N) is 1. The maximum atomic E-state index is 13.3. The van der Waals surface area contributed by atoms with Gasteiger partial charge in [-0.25, -0.2) is 0 Å².